The average Bonchev–Trinajstić information content (AvgIpc) is 3.69. The van der Waals surface area contributed by atoms with Gasteiger partial charge in [-0.2, -0.15) is 25.3 Å². The first-order valence-corrected chi connectivity index (χ1v) is 22.7. The Morgan fingerprint density at radius 3 is 1.81 bits per heavy atom. The third kappa shape index (κ3) is 16.0. The van der Waals surface area contributed by atoms with Crippen LogP contribution in [-0.2, 0) is 52.8 Å². The standard InChI is InChI=1S/C46H61N9O10S2/c1-25(56)37(44(63)55-38(45(64)65)46(2,3)67)54-40(59)33(14-9-19-47)50-42(61)35(22-28-23-49-32-13-8-7-12-30(28)32)52-41(60)34(21-27-15-17-29(57)18-16-27)51-43(62)36(24-66)53-39(58)31(48)20-26-10-5-4-6-11-26/h4-8,10-13,15-18,23,25,31,33-38,49,56-57,66-67H,9,14,19-22,24,47-48H2,1-3H3,(H,50,61)(H,51,62)(H,52,60)(H,53,58)(H,54,59)(H,55,63)(H,64,65)/t25-,31-,33+,34+,35-,36+,37+,38-/m1/s1. The Morgan fingerprint density at radius 1 is 0.687 bits per heavy atom. The fourth-order valence-electron chi connectivity index (χ4n) is 7.08. The molecule has 0 aliphatic rings. The molecule has 0 spiro atoms. The summed E-state index contributed by atoms with van der Waals surface area (Å²) in [6.07, 6.45) is 0.210. The fraction of sp³-hybridized carbons (Fsp3) is 0.413. The number of phenols is 1. The van der Waals surface area contributed by atoms with Gasteiger partial charge in [0.05, 0.1) is 12.1 Å². The number of aliphatic carboxylic acids is 1. The lowest BCUT2D eigenvalue weighted by Crippen LogP contribution is -2.62. The van der Waals surface area contributed by atoms with E-state index >= 15 is 0 Å². The van der Waals surface area contributed by atoms with Crippen LogP contribution >= 0.6 is 25.3 Å². The van der Waals surface area contributed by atoms with Crippen molar-refractivity contribution in [3.05, 3.63) is 102 Å². The summed E-state index contributed by atoms with van der Waals surface area (Å²) in [4.78, 5) is 98.4. The SMILES string of the molecule is C[C@@H](O)[C@H](NC(=O)[C@H](CCCN)NC(=O)[C@@H](Cc1c[nH]c2ccccc12)NC(=O)[C@H](Cc1ccc(O)cc1)NC(=O)[C@H](CS)NC(=O)[C@H](N)Cc1ccccc1)C(=O)N[C@H](C(=O)O)C(C)(C)S. The molecule has 4 aromatic rings. The number of para-hydroxylation sites is 1. The number of aromatic nitrogens is 1. The Kier molecular flexibility index (Phi) is 20.1. The molecule has 14 N–H and O–H groups in total. The number of aliphatic hydroxyl groups excluding tert-OH is 1. The number of aliphatic hydroxyl groups is 1. The molecule has 4 rings (SSSR count). The van der Waals surface area contributed by atoms with Crippen LogP contribution in [0.25, 0.3) is 10.9 Å². The third-order valence-corrected chi connectivity index (χ3v) is 11.4. The number of carboxylic acid groups (broad SMARTS) is 1. The summed E-state index contributed by atoms with van der Waals surface area (Å²) in [5, 5.41) is 46.4. The molecule has 0 fully saturated rings. The van der Waals surface area contributed by atoms with E-state index in [0.29, 0.717) is 11.1 Å². The summed E-state index contributed by atoms with van der Waals surface area (Å²) in [6.45, 7) is 4.23. The maximum atomic E-state index is 14.5. The zero-order valence-corrected chi connectivity index (χ0v) is 39.2. The molecule has 19 nitrogen and oxygen atoms in total. The zero-order chi connectivity index (χ0) is 49.4. The van der Waals surface area contributed by atoms with E-state index in [0.717, 1.165) is 16.5 Å². The van der Waals surface area contributed by atoms with E-state index in [4.69, 9.17) is 11.5 Å². The summed E-state index contributed by atoms with van der Waals surface area (Å²) in [6, 6.07) is 12.5. The molecule has 3 aromatic carbocycles. The predicted molar refractivity (Wildman–Crippen MR) is 258 cm³/mol. The van der Waals surface area contributed by atoms with Crippen molar-refractivity contribution in [3.63, 3.8) is 0 Å². The van der Waals surface area contributed by atoms with Crippen LogP contribution in [0.15, 0.2) is 85.1 Å². The minimum absolute atomic E-state index is 0.0476. The van der Waals surface area contributed by atoms with Crippen molar-refractivity contribution in [2.75, 3.05) is 12.3 Å². The smallest absolute Gasteiger partial charge is 0.327 e. The van der Waals surface area contributed by atoms with Gasteiger partial charge in [-0.3, -0.25) is 28.8 Å². The number of hydrogen-bond donors (Lipinski definition) is 14. The molecule has 6 amide bonds. The van der Waals surface area contributed by atoms with Crippen LogP contribution in [0.2, 0.25) is 0 Å². The second-order valence-corrected chi connectivity index (χ2v) is 18.3. The molecule has 21 heteroatoms. The van der Waals surface area contributed by atoms with E-state index < -0.39 is 94.6 Å². The molecular formula is C46H61N9O10S2. The first-order chi connectivity index (χ1) is 31.7. The van der Waals surface area contributed by atoms with Gasteiger partial charge in [-0.15, -0.1) is 0 Å². The quantitative estimate of drug-likeness (QED) is 0.0390. The van der Waals surface area contributed by atoms with E-state index in [1.54, 1.807) is 36.5 Å². The van der Waals surface area contributed by atoms with Crippen LogP contribution in [0.4, 0.5) is 0 Å². The number of carbonyl (C=O) groups is 7. The van der Waals surface area contributed by atoms with E-state index in [1.165, 1.54) is 32.9 Å². The van der Waals surface area contributed by atoms with E-state index in [-0.39, 0.29) is 50.2 Å². The minimum Gasteiger partial charge on any atom is -0.508 e. The topological polar surface area (TPSA) is 320 Å². The van der Waals surface area contributed by atoms with Gasteiger partial charge in [0.25, 0.3) is 0 Å². The maximum absolute atomic E-state index is 14.5. The number of phenolic OH excluding ortho intramolecular Hbond substituents is 1. The van der Waals surface area contributed by atoms with Crippen LogP contribution < -0.4 is 43.4 Å². The van der Waals surface area contributed by atoms with Crippen molar-refractivity contribution >= 4 is 77.6 Å². The van der Waals surface area contributed by atoms with Crippen molar-refractivity contribution in [1.82, 2.24) is 36.9 Å². The number of fused-ring (bicyclic) bond motifs is 1. The van der Waals surface area contributed by atoms with Crippen LogP contribution in [0.1, 0.15) is 50.3 Å². The molecular weight excluding hydrogens is 903 g/mol. The van der Waals surface area contributed by atoms with E-state index in [9.17, 15) is 48.9 Å². The highest BCUT2D eigenvalue weighted by Crippen LogP contribution is 2.21. The molecule has 0 aliphatic carbocycles. The van der Waals surface area contributed by atoms with Crippen molar-refractivity contribution in [1.29, 1.82) is 0 Å². The summed E-state index contributed by atoms with van der Waals surface area (Å²) in [5.41, 5.74) is 14.6. The van der Waals surface area contributed by atoms with Gasteiger partial charge in [-0.1, -0.05) is 60.7 Å². The lowest BCUT2D eigenvalue weighted by atomic mass is 10.0. The maximum Gasteiger partial charge on any atom is 0.327 e. The molecule has 0 unspecified atom stereocenters. The monoisotopic (exact) mass is 963 g/mol. The second-order valence-electron chi connectivity index (χ2n) is 16.7. The largest absolute Gasteiger partial charge is 0.508 e. The Balaban J connectivity index is 1.63. The zero-order valence-electron chi connectivity index (χ0n) is 37.4. The lowest BCUT2D eigenvalue weighted by molar-refractivity contribution is -0.143. The van der Waals surface area contributed by atoms with Crippen molar-refractivity contribution in [3.8, 4) is 5.75 Å². The van der Waals surface area contributed by atoms with Crippen LogP contribution in [0, 0.1) is 0 Å². The third-order valence-electron chi connectivity index (χ3n) is 10.8. The molecule has 0 radical (unpaired) electrons. The number of H-pyrrole nitrogens is 1. The summed E-state index contributed by atoms with van der Waals surface area (Å²) >= 11 is 8.56. The Hall–Kier alpha value is -6.13. The average molecular weight is 964 g/mol. The molecule has 1 heterocycles. The molecule has 1 aromatic heterocycles. The number of thiol groups is 2. The summed E-state index contributed by atoms with van der Waals surface area (Å²) < 4.78 is -1.25. The molecule has 8 atom stereocenters. The van der Waals surface area contributed by atoms with Crippen molar-refractivity contribution in [2.45, 2.75) is 106 Å². The number of aromatic amines is 1. The van der Waals surface area contributed by atoms with Crippen molar-refractivity contribution < 1.29 is 48.9 Å². The number of aromatic hydroxyl groups is 1. The molecule has 0 aliphatic heterocycles. The van der Waals surface area contributed by atoms with Crippen LogP contribution in [0.5, 0.6) is 5.75 Å². The molecule has 0 saturated carbocycles. The number of amides is 6. The van der Waals surface area contributed by atoms with Gasteiger partial charge in [0.2, 0.25) is 35.4 Å². The van der Waals surface area contributed by atoms with Gasteiger partial charge in [-0.25, -0.2) is 4.79 Å². The normalized spacial score (nSPS) is 15.0. The number of nitrogens with one attached hydrogen (secondary N) is 7. The van der Waals surface area contributed by atoms with Gasteiger partial charge in [0.1, 0.15) is 42.0 Å². The highest BCUT2D eigenvalue weighted by molar-refractivity contribution is 7.81. The van der Waals surface area contributed by atoms with E-state index in [2.05, 4.69) is 62.1 Å². The number of carboxylic acids is 1. The Morgan fingerprint density at radius 2 is 1.22 bits per heavy atom. The number of rotatable bonds is 25. The van der Waals surface area contributed by atoms with Crippen LogP contribution in [0.3, 0.4) is 0 Å². The number of benzene rings is 3. The summed E-state index contributed by atoms with van der Waals surface area (Å²) in [5.74, 6) is -6.67. The second kappa shape index (κ2) is 25.1. The summed E-state index contributed by atoms with van der Waals surface area (Å²) in [7, 11) is 0. The first-order valence-electron chi connectivity index (χ1n) is 21.6. The number of carbonyl (C=O) groups excluding carboxylic acids is 6. The fourth-order valence-corrected chi connectivity index (χ4v) is 7.51. The predicted octanol–water partition coefficient (Wildman–Crippen LogP) is -0.0200. The van der Waals surface area contributed by atoms with Crippen LogP contribution in [-0.4, -0.2) is 127 Å². The van der Waals surface area contributed by atoms with E-state index in [1.807, 2.05) is 36.4 Å². The van der Waals surface area contributed by atoms with Gasteiger partial charge < -0.3 is 63.7 Å². The lowest BCUT2D eigenvalue weighted by Gasteiger charge is -2.30. The molecule has 0 bridgehead atoms. The highest BCUT2D eigenvalue weighted by Gasteiger charge is 2.38. The number of nitrogens with two attached hydrogens (primary N) is 2. The first kappa shape index (κ1) is 53.5. The molecule has 362 valence electrons. The molecule has 67 heavy (non-hydrogen) atoms. The van der Waals surface area contributed by atoms with Gasteiger partial charge in [0.15, 0.2) is 0 Å². The minimum atomic E-state index is -1.67. The Labute approximate surface area is 399 Å². The Bertz CT molecular complexity index is 2330. The van der Waals surface area contributed by atoms with Gasteiger partial charge in [0, 0.05) is 40.4 Å². The van der Waals surface area contributed by atoms with Crippen molar-refractivity contribution in [2.24, 2.45) is 11.5 Å². The van der Waals surface area contributed by atoms with Gasteiger partial charge >= 0.3 is 5.97 Å². The number of hydrogen-bond acceptors (Lipinski definition) is 13. The molecule has 0 saturated heterocycles. The van der Waals surface area contributed by atoms with Gasteiger partial charge in [-0.05, 0) is 81.5 Å². The highest BCUT2D eigenvalue weighted by atomic mass is 32.1.